The lowest BCUT2D eigenvalue weighted by Crippen LogP contribution is -2.48. The third-order valence-corrected chi connectivity index (χ3v) is 5.71. The van der Waals surface area contributed by atoms with Crippen LogP contribution in [-0.4, -0.2) is 53.5 Å². The molecule has 8 heteroatoms. The quantitative estimate of drug-likeness (QED) is 0.731. The molecule has 0 radical (unpaired) electrons. The minimum absolute atomic E-state index is 0.0550. The first-order chi connectivity index (χ1) is 13.7. The number of anilines is 2. The fourth-order valence-corrected chi connectivity index (χ4v) is 4.08. The Hall–Kier alpha value is -3.13. The molecular formula is C20H21N5O2S. The van der Waals surface area contributed by atoms with Crippen molar-refractivity contribution in [3.63, 3.8) is 0 Å². The predicted molar refractivity (Wildman–Crippen MR) is 111 cm³/mol. The minimum atomic E-state index is -0.0550. The van der Waals surface area contributed by atoms with Crippen LogP contribution in [0.4, 0.5) is 11.4 Å². The van der Waals surface area contributed by atoms with Crippen molar-refractivity contribution in [1.29, 1.82) is 0 Å². The number of nitrogens with two attached hydrogens (primary N) is 1. The van der Waals surface area contributed by atoms with E-state index in [-0.39, 0.29) is 5.91 Å². The van der Waals surface area contributed by atoms with Gasteiger partial charge in [-0.2, -0.15) is 4.37 Å². The van der Waals surface area contributed by atoms with E-state index in [0.29, 0.717) is 29.3 Å². The van der Waals surface area contributed by atoms with Crippen LogP contribution < -0.4 is 15.4 Å². The zero-order valence-corrected chi connectivity index (χ0v) is 16.4. The van der Waals surface area contributed by atoms with Gasteiger partial charge in [0.05, 0.1) is 12.8 Å². The highest BCUT2D eigenvalue weighted by Gasteiger charge is 2.27. The molecule has 1 aromatic carbocycles. The SMILES string of the molecule is COc1cccc(N2CCN(C(=O)c3snc(-c4ccncc4)c3N)CC2)c1. The van der Waals surface area contributed by atoms with E-state index in [4.69, 9.17) is 10.5 Å². The van der Waals surface area contributed by atoms with Crippen molar-refractivity contribution in [2.24, 2.45) is 0 Å². The molecule has 0 unspecified atom stereocenters. The van der Waals surface area contributed by atoms with Gasteiger partial charge in [0.2, 0.25) is 0 Å². The van der Waals surface area contributed by atoms with Crippen LogP contribution in [0.3, 0.4) is 0 Å². The molecule has 1 aliphatic heterocycles. The number of benzene rings is 1. The zero-order valence-electron chi connectivity index (χ0n) is 15.5. The molecule has 2 aromatic heterocycles. The van der Waals surface area contributed by atoms with Crippen molar-refractivity contribution in [1.82, 2.24) is 14.3 Å². The maximum Gasteiger partial charge on any atom is 0.267 e. The second kappa shape index (κ2) is 7.85. The molecule has 0 atom stereocenters. The molecular weight excluding hydrogens is 374 g/mol. The summed E-state index contributed by atoms with van der Waals surface area (Å²) in [4.78, 5) is 21.6. The maximum absolute atomic E-state index is 13.0. The van der Waals surface area contributed by atoms with Gasteiger partial charge in [-0.15, -0.1) is 0 Å². The van der Waals surface area contributed by atoms with Crippen molar-refractivity contribution < 1.29 is 9.53 Å². The van der Waals surface area contributed by atoms with Crippen LogP contribution in [0, 0.1) is 0 Å². The van der Waals surface area contributed by atoms with E-state index in [1.807, 2.05) is 35.2 Å². The molecule has 0 aliphatic carbocycles. The lowest BCUT2D eigenvalue weighted by atomic mass is 10.1. The Kier molecular flexibility index (Phi) is 5.12. The molecule has 1 aliphatic rings. The molecule has 28 heavy (non-hydrogen) atoms. The number of hydrogen-bond acceptors (Lipinski definition) is 7. The lowest BCUT2D eigenvalue weighted by molar-refractivity contribution is 0.0752. The maximum atomic E-state index is 13.0. The van der Waals surface area contributed by atoms with E-state index in [1.54, 1.807) is 19.5 Å². The Morgan fingerprint density at radius 3 is 2.61 bits per heavy atom. The van der Waals surface area contributed by atoms with Gasteiger partial charge >= 0.3 is 0 Å². The summed E-state index contributed by atoms with van der Waals surface area (Å²) in [7, 11) is 1.66. The predicted octanol–water partition coefficient (Wildman–Crippen LogP) is 2.76. The molecule has 1 amide bonds. The average molecular weight is 395 g/mol. The van der Waals surface area contributed by atoms with Crippen LogP contribution in [0.5, 0.6) is 5.75 Å². The number of ether oxygens (including phenoxy) is 1. The van der Waals surface area contributed by atoms with Gasteiger partial charge in [-0.3, -0.25) is 9.78 Å². The van der Waals surface area contributed by atoms with Crippen LogP contribution in [-0.2, 0) is 0 Å². The summed E-state index contributed by atoms with van der Waals surface area (Å²) in [6, 6.07) is 11.7. The van der Waals surface area contributed by atoms with Gasteiger partial charge in [0, 0.05) is 55.9 Å². The first kappa shape index (κ1) is 18.2. The number of pyridine rings is 1. The van der Waals surface area contributed by atoms with E-state index < -0.39 is 0 Å². The molecule has 3 aromatic rings. The van der Waals surface area contributed by atoms with Crippen LogP contribution in [0.15, 0.2) is 48.8 Å². The normalized spacial score (nSPS) is 14.2. The van der Waals surface area contributed by atoms with Crippen molar-refractivity contribution in [2.45, 2.75) is 0 Å². The van der Waals surface area contributed by atoms with E-state index in [9.17, 15) is 4.79 Å². The molecule has 1 fully saturated rings. The topological polar surface area (TPSA) is 84.6 Å². The number of hydrogen-bond donors (Lipinski definition) is 1. The highest BCUT2D eigenvalue weighted by Crippen LogP contribution is 2.31. The first-order valence-electron chi connectivity index (χ1n) is 9.01. The summed E-state index contributed by atoms with van der Waals surface area (Å²) in [5, 5.41) is 0. The number of carbonyl (C=O) groups excluding carboxylic acids is 1. The van der Waals surface area contributed by atoms with Crippen molar-refractivity contribution in [3.8, 4) is 17.0 Å². The Morgan fingerprint density at radius 1 is 1.14 bits per heavy atom. The minimum Gasteiger partial charge on any atom is -0.497 e. The highest BCUT2D eigenvalue weighted by molar-refractivity contribution is 7.09. The van der Waals surface area contributed by atoms with Crippen molar-refractivity contribution in [2.75, 3.05) is 43.9 Å². The largest absolute Gasteiger partial charge is 0.497 e. The molecule has 2 N–H and O–H groups in total. The number of amides is 1. The highest BCUT2D eigenvalue weighted by atomic mass is 32.1. The zero-order chi connectivity index (χ0) is 19.5. The molecule has 4 rings (SSSR count). The van der Waals surface area contributed by atoms with Crippen LogP contribution in [0.1, 0.15) is 9.67 Å². The number of rotatable bonds is 4. The number of carbonyl (C=O) groups is 1. The van der Waals surface area contributed by atoms with E-state index in [2.05, 4.69) is 20.3 Å². The number of nitrogens with zero attached hydrogens (tertiary/aromatic N) is 4. The van der Waals surface area contributed by atoms with Gasteiger partial charge in [0.15, 0.2) is 0 Å². The Balaban J connectivity index is 1.45. The van der Waals surface area contributed by atoms with E-state index in [1.165, 1.54) is 0 Å². The number of methoxy groups -OCH3 is 1. The van der Waals surface area contributed by atoms with Crippen LogP contribution in [0.25, 0.3) is 11.3 Å². The summed E-state index contributed by atoms with van der Waals surface area (Å²) < 4.78 is 9.70. The Morgan fingerprint density at radius 2 is 1.89 bits per heavy atom. The van der Waals surface area contributed by atoms with Gasteiger partial charge in [-0.1, -0.05) is 6.07 Å². The van der Waals surface area contributed by atoms with Gasteiger partial charge in [0.25, 0.3) is 5.91 Å². The second-order valence-corrected chi connectivity index (χ2v) is 7.26. The third-order valence-electron chi connectivity index (χ3n) is 4.86. The van der Waals surface area contributed by atoms with Gasteiger partial charge < -0.3 is 20.3 Å². The molecule has 3 heterocycles. The average Bonchev–Trinajstić information content (AvgIpc) is 3.15. The molecule has 144 valence electrons. The van der Waals surface area contributed by atoms with E-state index >= 15 is 0 Å². The molecule has 0 bridgehead atoms. The van der Waals surface area contributed by atoms with Crippen molar-refractivity contribution in [3.05, 3.63) is 53.7 Å². The van der Waals surface area contributed by atoms with Crippen LogP contribution >= 0.6 is 11.5 Å². The molecule has 1 saturated heterocycles. The fourth-order valence-electron chi connectivity index (χ4n) is 3.29. The monoisotopic (exact) mass is 395 g/mol. The summed E-state index contributed by atoms with van der Waals surface area (Å²) >= 11 is 1.16. The second-order valence-electron chi connectivity index (χ2n) is 6.49. The van der Waals surface area contributed by atoms with Gasteiger partial charge in [-0.25, -0.2) is 0 Å². The number of nitrogen functional groups attached to an aromatic ring is 1. The summed E-state index contributed by atoms with van der Waals surface area (Å²) in [5.74, 6) is 0.776. The van der Waals surface area contributed by atoms with E-state index in [0.717, 1.165) is 41.6 Å². The van der Waals surface area contributed by atoms with Gasteiger partial charge in [-0.05, 0) is 35.8 Å². The third kappa shape index (κ3) is 3.50. The summed E-state index contributed by atoms with van der Waals surface area (Å²) in [5.41, 5.74) is 9.30. The molecule has 0 spiro atoms. The van der Waals surface area contributed by atoms with Gasteiger partial charge in [0.1, 0.15) is 16.3 Å². The molecule has 0 saturated carbocycles. The standard InChI is InChI=1S/C20H21N5O2S/c1-27-16-4-2-3-15(13-16)24-9-11-25(12-10-24)20(26)19-17(21)18(23-28-19)14-5-7-22-8-6-14/h2-8,13H,9-12,21H2,1H3. The van der Waals surface area contributed by atoms with Crippen molar-refractivity contribution >= 4 is 28.8 Å². The summed E-state index contributed by atoms with van der Waals surface area (Å²) in [6.07, 6.45) is 3.38. The van der Waals surface area contributed by atoms with Crippen LogP contribution in [0.2, 0.25) is 0 Å². The Labute approximate surface area is 167 Å². The smallest absolute Gasteiger partial charge is 0.267 e. The number of piperazine rings is 1. The first-order valence-corrected chi connectivity index (χ1v) is 9.78. The number of aromatic nitrogens is 2. The summed E-state index contributed by atoms with van der Waals surface area (Å²) in [6.45, 7) is 2.79. The Bertz CT molecular complexity index is 968. The fraction of sp³-hybridized carbons (Fsp3) is 0.250. The lowest BCUT2D eigenvalue weighted by Gasteiger charge is -2.36. The molecule has 7 nitrogen and oxygen atoms in total.